The Kier molecular flexibility index (Phi) is 10.2. The summed E-state index contributed by atoms with van der Waals surface area (Å²) in [6, 6.07) is 7.51. The van der Waals surface area contributed by atoms with Gasteiger partial charge in [-0.2, -0.15) is 0 Å². The lowest BCUT2D eigenvalue weighted by molar-refractivity contribution is -0.143. The van der Waals surface area contributed by atoms with Crippen molar-refractivity contribution in [1.29, 1.82) is 0 Å². The number of aliphatic hydroxyl groups excluding tert-OH is 1. The molecule has 1 N–H and O–H groups in total. The zero-order valence-electron chi connectivity index (χ0n) is 17.2. The Balaban J connectivity index is 1.71. The normalized spacial score (nSPS) is 17.8. The van der Waals surface area contributed by atoms with E-state index in [1.54, 1.807) is 6.08 Å². The first kappa shape index (κ1) is 23.4. The van der Waals surface area contributed by atoms with Crippen molar-refractivity contribution in [3.05, 3.63) is 47.0 Å². The summed E-state index contributed by atoms with van der Waals surface area (Å²) in [7, 11) is 0. The molecule has 5 nitrogen and oxygen atoms in total. The van der Waals surface area contributed by atoms with Crippen LogP contribution in [0.15, 0.2) is 36.4 Å². The summed E-state index contributed by atoms with van der Waals surface area (Å²) in [6.45, 7) is 2.96. The van der Waals surface area contributed by atoms with Gasteiger partial charge in [0, 0.05) is 30.8 Å². The molecule has 1 aromatic rings. The summed E-state index contributed by atoms with van der Waals surface area (Å²) in [5, 5.41) is 11.0. The van der Waals surface area contributed by atoms with Crippen LogP contribution in [0, 0.1) is 0 Å². The second-order valence-corrected chi connectivity index (χ2v) is 7.88. The number of carbonyl (C=O) groups is 2. The Morgan fingerprint density at radius 3 is 2.72 bits per heavy atom. The van der Waals surface area contributed by atoms with E-state index in [0.29, 0.717) is 30.9 Å². The van der Waals surface area contributed by atoms with Crippen LogP contribution in [-0.4, -0.2) is 47.2 Å². The fourth-order valence-corrected chi connectivity index (χ4v) is 3.70. The Bertz CT molecular complexity index is 674. The summed E-state index contributed by atoms with van der Waals surface area (Å²) < 4.78 is 4.92. The summed E-state index contributed by atoms with van der Waals surface area (Å²) in [5.41, 5.74) is 1.02. The molecule has 1 amide bonds. The van der Waals surface area contributed by atoms with E-state index < -0.39 is 6.10 Å². The van der Waals surface area contributed by atoms with Gasteiger partial charge < -0.3 is 14.7 Å². The van der Waals surface area contributed by atoms with Gasteiger partial charge in [0.15, 0.2) is 0 Å². The molecule has 0 aromatic heterocycles. The lowest BCUT2D eigenvalue weighted by Gasteiger charge is -2.22. The molecule has 160 valence electrons. The highest BCUT2D eigenvalue weighted by atomic mass is 35.5. The van der Waals surface area contributed by atoms with Crippen molar-refractivity contribution in [2.75, 3.05) is 13.2 Å². The standard InChI is InChI=1S/C23H32ClNO4/c1-2-29-23(28)7-5-3-4-6-16-25-20(13-15-22(25)27)12-14-21(26)17-18-8-10-19(24)11-9-18/h8-12,14,20-21,26H,2-7,13,15-17H2,1H3/b14-12+/t20-,21?/m0/s1. The number of carbonyl (C=O) groups excluding carboxylic acids is 2. The highest BCUT2D eigenvalue weighted by Gasteiger charge is 2.28. The monoisotopic (exact) mass is 421 g/mol. The van der Waals surface area contributed by atoms with Crippen LogP contribution in [0.3, 0.4) is 0 Å². The van der Waals surface area contributed by atoms with Gasteiger partial charge in [0.1, 0.15) is 0 Å². The smallest absolute Gasteiger partial charge is 0.305 e. The van der Waals surface area contributed by atoms with Crippen molar-refractivity contribution in [2.45, 2.75) is 70.4 Å². The predicted octanol–water partition coefficient (Wildman–Crippen LogP) is 4.30. The number of benzene rings is 1. The van der Waals surface area contributed by atoms with Crippen molar-refractivity contribution in [3.8, 4) is 0 Å². The molecule has 2 atom stereocenters. The summed E-state index contributed by atoms with van der Waals surface area (Å²) in [6.07, 6.45) is 9.21. The van der Waals surface area contributed by atoms with Crippen molar-refractivity contribution < 1.29 is 19.4 Å². The van der Waals surface area contributed by atoms with E-state index in [1.807, 2.05) is 42.2 Å². The molecular formula is C23H32ClNO4. The molecule has 0 radical (unpaired) electrons. The van der Waals surface area contributed by atoms with Crippen LogP contribution in [0.1, 0.15) is 57.4 Å². The highest BCUT2D eigenvalue weighted by Crippen LogP contribution is 2.21. The van der Waals surface area contributed by atoms with E-state index in [2.05, 4.69) is 0 Å². The van der Waals surface area contributed by atoms with Gasteiger partial charge in [-0.1, -0.05) is 48.7 Å². The van der Waals surface area contributed by atoms with Crippen LogP contribution in [0.4, 0.5) is 0 Å². The number of hydrogen-bond donors (Lipinski definition) is 1. The van der Waals surface area contributed by atoms with Crippen LogP contribution in [0.5, 0.6) is 0 Å². The zero-order chi connectivity index (χ0) is 21.1. The molecule has 1 fully saturated rings. The minimum Gasteiger partial charge on any atom is -0.466 e. The van der Waals surface area contributed by atoms with Crippen molar-refractivity contribution in [1.82, 2.24) is 4.90 Å². The third kappa shape index (κ3) is 8.58. The molecule has 0 bridgehead atoms. The van der Waals surface area contributed by atoms with Gasteiger partial charge in [-0.25, -0.2) is 0 Å². The second kappa shape index (κ2) is 12.7. The number of esters is 1. The third-order valence-corrected chi connectivity index (χ3v) is 5.38. The van der Waals surface area contributed by atoms with Crippen LogP contribution in [-0.2, 0) is 20.7 Å². The molecule has 1 aromatic carbocycles. The fraction of sp³-hybridized carbons (Fsp3) is 0.565. The molecule has 1 aliphatic rings. The Morgan fingerprint density at radius 1 is 1.28 bits per heavy atom. The van der Waals surface area contributed by atoms with E-state index in [1.165, 1.54) is 0 Å². The number of amides is 1. The van der Waals surface area contributed by atoms with Crippen LogP contribution >= 0.6 is 11.6 Å². The second-order valence-electron chi connectivity index (χ2n) is 7.45. The zero-order valence-corrected chi connectivity index (χ0v) is 17.9. The number of rotatable bonds is 12. The molecule has 1 heterocycles. The molecule has 1 aliphatic heterocycles. The molecular weight excluding hydrogens is 390 g/mol. The molecule has 0 spiro atoms. The minimum atomic E-state index is -0.586. The largest absolute Gasteiger partial charge is 0.466 e. The summed E-state index contributed by atoms with van der Waals surface area (Å²) in [5.74, 6) is 0.0444. The minimum absolute atomic E-state index is 0.0573. The quantitative estimate of drug-likeness (QED) is 0.310. The van der Waals surface area contributed by atoms with Gasteiger partial charge in [0.25, 0.3) is 0 Å². The van der Waals surface area contributed by atoms with E-state index in [4.69, 9.17) is 16.3 Å². The van der Waals surface area contributed by atoms with Crippen LogP contribution in [0.25, 0.3) is 0 Å². The first-order chi connectivity index (χ1) is 14.0. The Labute approximate surface area is 178 Å². The SMILES string of the molecule is CCOC(=O)CCCCCCN1C(=O)CC[C@@H]1/C=C/C(O)Cc1ccc(Cl)cc1. The van der Waals surface area contributed by atoms with Crippen molar-refractivity contribution >= 4 is 23.5 Å². The van der Waals surface area contributed by atoms with Gasteiger partial charge in [-0.05, 0) is 43.9 Å². The average Bonchev–Trinajstić information content (AvgIpc) is 3.04. The van der Waals surface area contributed by atoms with Gasteiger partial charge in [-0.15, -0.1) is 0 Å². The maximum atomic E-state index is 12.2. The molecule has 2 rings (SSSR count). The number of hydrogen-bond acceptors (Lipinski definition) is 4. The predicted molar refractivity (Wildman–Crippen MR) is 115 cm³/mol. The number of halogens is 1. The van der Waals surface area contributed by atoms with E-state index in [-0.39, 0.29) is 17.9 Å². The van der Waals surface area contributed by atoms with E-state index >= 15 is 0 Å². The molecule has 6 heteroatoms. The lowest BCUT2D eigenvalue weighted by Crippen LogP contribution is -2.32. The molecule has 29 heavy (non-hydrogen) atoms. The van der Waals surface area contributed by atoms with Crippen LogP contribution < -0.4 is 0 Å². The van der Waals surface area contributed by atoms with Crippen molar-refractivity contribution in [3.63, 3.8) is 0 Å². The molecule has 1 unspecified atom stereocenters. The van der Waals surface area contributed by atoms with E-state index in [9.17, 15) is 14.7 Å². The maximum absolute atomic E-state index is 12.2. The van der Waals surface area contributed by atoms with Gasteiger partial charge >= 0.3 is 5.97 Å². The van der Waals surface area contributed by atoms with Crippen molar-refractivity contribution in [2.24, 2.45) is 0 Å². The first-order valence-corrected chi connectivity index (χ1v) is 10.9. The average molecular weight is 422 g/mol. The fourth-order valence-electron chi connectivity index (χ4n) is 3.57. The molecule has 0 aliphatic carbocycles. The van der Waals surface area contributed by atoms with Gasteiger partial charge in [0.2, 0.25) is 5.91 Å². The van der Waals surface area contributed by atoms with Crippen LogP contribution in [0.2, 0.25) is 5.02 Å². The summed E-state index contributed by atoms with van der Waals surface area (Å²) in [4.78, 5) is 25.4. The van der Waals surface area contributed by atoms with E-state index in [0.717, 1.165) is 44.2 Å². The number of nitrogens with zero attached hydrogens (tertiary/aromatic N) is 1. The number of aliphatic hydroxyl groups is 1. The Hall–Kier alpha value is -1.85. The number of likely N-dealkylation sites (tertiary alicyclic amines) is 1. The maximum Gasteiger partial charge on any atom is 0.305 e. The third-order valence-electron chi connectivity index (χ3n) is 5.12. The number of unbranched alkanes of at least 4 members (excludes halogenated alkanes) is 3. The molecule has 0 saturated carbocycles. The highest BCUT2D eigenvalue weighted by molar-refractivity contribution is 6.30. The molecule has 1 saturated heterocycles. The van der Waals surface area contributed by atoms with Gasteiger partial charge in [-0.3, -0.25) is 9.59 Å². The number of ether oxygens (including phenoxy) is 1. The summed E-state index contributed by atoms with van der Waals surface area (Å²) >= 11 is 5.89. The van der Waals surface area contributed by atoms with Gasteiger partial charge in [0.05, 0.1) is 18.8 Å². The first-order valence-electron chi connectivity index (χ1n) is 10.6. The Morgan fingerprint density at radius 2 is 2.00 bits per heavy atom. The lowest BCUT2D eigenvalue weighted by atomic mass is 10.1. The topological polar surface area (TPSA) is 66.8 Å².